The van der Waals surface area contributed by atoms with Crippen LogP contribution in [-0.4, -0.2) is 10.8 Å². The molecule has 0 radical (unpaired) electrons. The first-order valence-electron chi connectivity index (χ1n) is 4.54. The van der Waals surface area contributed by atoms with Crippen LogP contribution in [0.3, 0.4) is 0 Å². The summed E-state index contributed by atoms with van der Waals surface area (Å²) in [5.41, 5.74) is 0.0951. The van der Waals surface area contributed by atoms with Crippen LogP contribution < -0.4 is 0 Å². The normalized spacial score (nSPS) is 10.4. The third-order valence-corrected chi connectivity index (χ3v) is 3.48. The van der Waals surface area contributed by atoms with Gasteiger partial charge in [-0.3, -0.25) is 4.79 Å². The monoisotopic (exact) mass is 299 g/mol. The first kappa shape index (κ1) is 11.4. The van der Waals surface area contributed by atoms with Gasteiger partial charge in [0.1, 0.15) is 10.8 Å². The first-order chi connectivity index (χ1) is 7.68. The number of thiazole rings is 1. The Labute approximate surface area is 104 Å². The van der Waals surface area contributed by atoms with E-state index in [2.05, 4.69) is 20.9 Å². The molecule has 0 N–H and O–H groups in total. The molecule has 5 heteroatoms. The molecule has 1 aromatic heterocycles. The number of aromatic nitrogens is 1. The van der Waals surface area contributed by atoms with Crippen LogP contribution in [-0.2, 0) is 6.42 Å². The lowest BCUT2D eigenvalue weighted by Gasteiger charge is -2.03. The van der Waals surface area contributed by atoms with E-state index in [4.69, 9.17) is 0 Å². The fourth-order valence-electron chi connectivity index (χ4n) is 1.33. The number of ketones is 1. The predicted octanol–water partition coefficient (Wildman–Crippen LogP) is 3.47. The summed E-state index contributed by atoms with van der Waals surface area (Å²) in [7, 11) is 0. The molecule has 0 spiro atoms. The van der Waals surface area contributed by atoms with E-state index >= 15 is 0 Å². The SMILES string of the molecule is O=C(Cc1nccs1)c1c(F)cccc1Br. The van der Waals surface area contributed by atoms with Crippen LogP contribution in [0, 0.1) is 5.82 Å². The molecule has 82 valence electrons. The first-order valence-corrected chi connectivity index (χ1v) is 6.21. The molecular weight excluding hydrogens is 293 g/mol. The van der Waals surface area contributed by atoms with Gasteiger partial charge in [0, 0.05) is 16.0 Å². The molecule has 0 amide bonds. The maximum absolute atomic E-state index is 13.5. The van der Waals surface area contributed by atoms with Crippen LogP contribution in [0.1, 0.15) is 15.4 Å². The second kappa shape index (κ2) is 4.84. The Morgan fingerprint density at radius 3 is 2.94 bits per heavy atom. The van der Waals surface area contributed by atoms with Crippen molar-refractivity contribution in [3.05, 3.63) is 50.6 Å². The van der Waals surface area contributed by atoms with E-state index < -0.39 is 5.82 Å². The van der Waals surface area contributed by atoms with Crippen molar-refractivity contribution in [3.63, 3.8) is 0 Å². The van der Waals surface area contributed by atoms with E-state index in [1.54, 1.807) is 23.7 Å². The maximum Gasteiger partial charge on any atom is 0.173 e. The molecule has 2 rings (SSSR count). The van der Waals surface area contributed by atoms with Gasteiger partial charge in [0.25, 0.3) is 0 Å². The lowest BCUT2D eigenvalue weighted by Crippen LogP contribution is -2.06. The molecule has 1 aromatic carbocycles. The molecule has 2 aromatic rings. The topological polar surface area (TPSA) is 30.0 Å². The summed E-state index contributed by atoms with van der Waals surface area (Å²) in [6.45, 7) is 0. The largest absolute Gasteiger partial charge is 0.294 e. The molecule has 0 saturated heterocycles. The van der Waals surface area contributed by atoms with Crippen LogP contribution in [0.4, 0.5) is 4.39 Å². The van der Waals surface area contributed by atoms with Crippen molar-refractivity contribution in [3.8, 4) is 0 Å². The molecule has 0 bridgehead atoms. The number of benzene rings is 1. The second-order valence-electron chi connectivity index (χ2n) is 3.12. The van der Waals surface area contributed by atoms with Gasteiger partial charge in [-0.25, -0.2) is 9.37 Å². The van der Waals surface area contributed by atoms with Crippen molar-refractivity contribution in [2.24, 2.45) is 0 Å². The minimum absolute atomic E-state index is 0.0951. The molecule has 0 aliphatic heterocycles. The van der Waals surface area contributed by atoms with E-state index in [0.29, 0.717) is 9.48 Å². The number of Topliss-reactive ketones (excluding diaryl/α,β-unsaturated/α-hetero) is 1. The summed E-state index contributed by atoms with van der Waals surface area (Å²) in [5, 5.41) is 2.49. The predicted molar refractivity (Wildman–Crippen MR) is 64.2 cm³/mol. The molecule has 0 fully saturated rings. The molecule has 0 aliphatic rings. The minimum atomic E-state index is -0.504. The van der Waals surface area contributed by atoms with E-state index in [1.165, 1.54) is 17.4 Å². The Morgan fingerprint density at radius 2 is 2.31 bits per heavy atom. The molecule has 0 aliphatic carbocycles. The summed E-state index contributed by atoms with van der Waals surface area (Å²) in [4.78, 5) is 15.9. The van der Waals surface area contributed by atoms with Crippen LogP contribution in [0.25, 0.3) is 0 Å². The highest BCUT2D eigenvalue weighted by Gasteiger charge is 2.16. The van der Waals surface area contributed by atoms with Crippen LogP contribution in [0.2, 0.25) is 0 Å². The molecule has 0 unspecified atom stereocenters. The zero-order chi connectivity index (χ0) is 11.5. The van der Waals surface area contributed by atoms with Crippen molar-refractivity contribution in [2.75, 3.05) is 0 Å². The summed E-state index contributed by atoms with van der Waals surface area (Å²) >= 11 is 4.56. The Bertz CT molecular complexity index is 492. The average molecular weight is 300 g/mol. The second-order valence-corrected chi connectivity index (χ2v) is 4.96. The van der Waals surface area contributed by atoms with Crippen molar-refractivity contribution >= 4 is 33.0 Å². The fraction of sp³-hybridized carbons (Fsp3) is 0.0909. The summed E-state index contributed by atoms with van der Waals surface area (Å²) in [6, 6.07) is 4.48. The Morgan fingerprint density at radius 1 is 1.50 bits per heavy atom. The van der Waals surface area contributed by atoms with Crippen LogP contribution in [0.15, 0.2) is 34.2 Å². The third kappa shape index (κ3) is 2.36. The van der Waals surface area contributed by atoms with Gasteiger partial charge < -0.3 is 0 Å². The van der Waals surface area contributed by atoms with Gasteiger partial charge >= 0.3 is 0 Å². The van der Waals surface area contributed by atoms with Gasteiger partial charge in [-0.2, -0.15) is 0 Å². The van der Waals surface area contributed by atoms with E-state index in [-0.39, 0.29) is 17.8 Å². The number of hydrogen-bond acceptors (Lipinski definition) is 3. The number of carbonyl (C=O) groups excluding carboxylic acids is 1. The van der Waals surface area contributed by atoms with Gasteiger partial charge in [0.2, 0.25) is 0 Å². The molecular formula is C11H7BrFNOS. The van der Waals surface area contributed by atoms with E-state index in [9.17, 15) is 9.18 Å². The summed E-state index contributed by atoms with van der Waals surface area (Å²) < 4.78 is 13.9. The number of nitrogens with zero attached hydrogens (tertiary/aromatic N) is 1. The van der Waals surface area contributed by atoms with Gasteiger partial charge in [-0.15, -0.1) is 11.3 Å². The summed E-state index contributed by atoms with van der Waals surface area (Å²) in [5.74, 6) is -0.768. The molecule has 0 atom stereocenters. The molecule has 1 heterocycles. The highest BCUT2D eigenvalue weighted by molar-refractivity contribution is 9.10. The van der Waals surface area contributed by atoms with Crippen LogP contribution >= 0.6 is 27.3 Å². The van der Waals surface area contributed by atoms with E-state index in [0.717, 1.165) is 0 Å². The molecule has 0 saturated carbocycles. The van der Waals surface area contributed by atoms with Crippen molar-refractivity contribution in [1.29, 1.82) is 0 Å². The van der Waals surface area contributed by atoms with Crippen molar-refractivity contribution in [2.45, 2.75) is 6.42 Å². The van der Waals surface area contributed by atoms with E-state index in [1.807, 2.05) is 0 Å². The quantitative estimate of drug-likeness (QED) is 0.812. The van der Waals surface area contributed by atoms with Crippen molar-refractivity contribution < 1.29 is 9.18 Å². The number of carbonyl (C=O) groups is 1. The maximum atomic E-state index is 13.5. The molecule has 2 nitrogen and oxygen atoms in total. The number of halogens is 2. The Balaban J connectivity index is 2.28. The lowest BCUT2D eigenvalue weighted by molar-refractivity contribution is 0.0988. The Kier molecular flexibility index (Phi) is 3.46. The zero-order valence-corrected chi connectivity index (χ0v) is 10.5. The van der Waals surface area contributed by atoms with Gasteiger partial charge in [-0.1, -0.05) is 6.07 Å². The highest BCUT2D eigenvalue weighted by atomic mass is 79.9. The highest BCUT2D eigenvalue weighted by Crippen LogP contribution is 2.21. The van der Waals surface area contributed by atoms with Gasteiger partial charge in [0.05, 0.1) is 12.0 Å². The summed E-state index contributed by atoms with van der Waals surface area (Å²) in [6.07, 6.45) is 1.76. The number of hydrogen-bond donors (Lipinski definition) is 0. The fourth-order valence-corrected chi connectivity index (χ4v) is 2.51. The lowest BCUT2D eigenvalue weighted by atomic mass is 10.1. The molecule has 16 heavy (non-hydrogen) atoms. The third-order valence-electron chi connectivity index (χ3n) is 2.04. The van der Waals surface area contributed by atoms with Crippen LogP contribution in [0.5, 0.6) is 0 Å². The number of rotatable bonds is 3. The minimum Gasteiger partial charge on any atom is -0.294 e. The van der Waals surface area contributed by atoms with Gasteiger partial charge in [0.15, 0.2) is 5.78 Å². The average Bonchev–Trinajstić information content (AvgIpc) is 2.70. The zero-order valence-electron chi connectivity index (χ0n) is 8.11. The Hall–Kier alpha value is -1.07. The van der Waals surface area contributed by atoms with Gasteiger partial charge in [-0.05, 0) is 28.1 Å². The smallest absolute Gasteiger partial charge is 0.173 e. The van der Waals surface area contributed by atoms with Crippen molar-refractivity contribution in [1.82, 2.24) is 4.98 Å². The standard InChI is InChI=1S/C11H7BrFNOS/c12-7-2-1-3-8(13)11(7)9(15)6-10-14-4-5-16-10/h1-5H,6H2.